The first-order chi connectivity index (χ1) is 9.33. The fourth-order valence-corrected chi connectivity index (χ4v) is 1.84. The van der Waals surface area contributed by atoms with Crippen molar-refractivity contribution in [3.05, 3.63) is 35.9 Å². The summed E-state index contributed by atoms with van der Waals surface area (Å²) in [5.41, 5.74) is 3.55. The minimum absolute atomic E-state index is 0.00247. The molecular formula is C16H24N2O. The molecule has 0 aromatic heterocycles. The number of hydrogen-bond acceptors (Lipinski definition) is 2. The molecule has 104 valence electrons. The van der Waals surface area contributed by atoms with E-state index in [-0.39, 0.29) is 5.91 Å². The zero-order valence-electron chi connectivity index (χ0n) is 11.8. The molecule has 1 amide bonds. The van der Waals surface area contributed by atoms with Crippen molar-refractivity contribution in [3.63, 3.8) is 0 Å². The number of nitrogens with one attached hydrogen (secondary N) is 1. The molecule has 1 aromatic carbocycles. The molecule has 0 radical (unpaired) electrons. The predicted octanol–water partition coefficient (Wildman–Crippen LogP) is 3.89. The number of amides is 1. The third-order valence-electron chi connectivity index (χ3n) is 2.96. The minimum Gasteiger partial charge on any atom is -0.273 e. The third-order valence-corrected chi connectivity index (χ3v) is 2.96. The highest BCUT2D eigenvalue weighted by atomic mass is 16.2. The van der Waals surface area contributed by atoms with Crippen molar-refractivity contribution in [3.8, 4) is 0 Å². The van der Waals surface area contributed by atoms with Gasteiger partial charge in [0.25, 0.3) is 0 Å². The van der Waals surface area contributed by atoms with Gasteiger partial charge in [-0.3, -0.25) is 4.79 Å². The van der Waals surface area contributed by atoms with Gasteiger partial charge < -0.3 is 0 Å². The second-order valence-electron chi connectivity index (χ2n) is 4.72. The Morgan fingerprint density at radius 1 is 1.11 bits per heavy atom. The molecule has 3 heteroatoms. The fourth-order valence-electron chi connectivity index (χ4n) is 1.84. The number of hydrogen-bond donors (Lipinski definition) is 1. The third kappa shape index (κ3) is 8.14. The topological polar surface area (TPSA) is 41.5 Å². The largest absolute Gasteiger partial charge is 0.273 e. The highest BCUT2D eigenvalue weighted by molar-refractivity contribution is 5.82. The molecule has 1 aromatic rings. The Bertz CT molecular complexity index is 374. The van der Waals surface area contributed by atoms with Crippen LogP contribution in [0.25, 0.3) is 0 Å². The fraction of sp³-hybridized carbons (Fsp3) is 0.500. The smallest absolute Gasteiger partial charge is 0.240 e. The molecule has 0 heterocycles. The summed E-state index contributed by atoms with van der Waals surface area (Å²) in [6.45, 7) is 2.21. The van der Waals surface area contributed by atoms with Crippen LogP contribution in [-0.4, -0.2) is 12.1 Å². The number of unbranched alkanes of at least 4 members (excludes halogenated alkanes) is 5. The summed E-state index contributed by atoms with van der Waals surface area (Å²) in [5, 5.41) is 3.95. The van der Waals surface area contributed by atoms with Crippen molar-refractivity contribution in [1.29, 1.82) is 0 Å². The van der Waals surface area contributed by atoms with Crippen LogP contribution < -0.4 is 5.43 Å². The first-order valence-corrected chi connectivity index (χ1v) is 7.20. The van der Waals surface area contributed by atoms with Crippen molar-refractivity contribution < 1.29 is 4.79 Å². The van der Waals surface area contributed by atoms with Crippen LogP contribution >= 0.6 is 0 Å². The number of carbonyl (C=O) groups is 1. The first-order valence-electron chi connectivity index (χ1n) is 7.20. The molecule has 0 atom stereocenters. The van der Waals surface area contributed by atoms with E-state index >= 15 is 0 Å². The molecule has 0 bridgehead atoms. The summed E-state index contributed by atoms with van der Waals surface area (Å²) in [6, 6.07) is 9.74. The molecule has 0 saturated heterocycles. The molecule has 0 saturated carbocycles. The molecule has 1 rings (SSSR count). The van der Waals surface area contributed by atoms with E-state index in [1.807, 2.05) is 30.3 Å². The van der Waals surface area contributed by atoms with Crippen LogP contribution in [0.4, 0.5) is 0 Å². The van der Waals surface area contributed by atoms with Gasteiger partial charge in [0.1, 0.15) is 0 Å². The average molecular weight is 260 g/mol. The zero-order valence-corrected chi connectivity index (χ0v) is 11.8. The Labute approximate surface area is 116 Å². The molecule has 0 aliphatic carbocycles. The monoisotopic (exact) mass is 260 g/mol. The van der Waals surface area contributed by atoms with Gasteiger partial charge in [0.05, 0.1) is 6.21 Å². The van der Waals surface area contributed by atoms with Gasteiger partial charge in [-0.15, -0.1) is 0 Å². The summed E-state index contributed by atoms with van der Waals surface area (Å²) in [7, 11) is 0. The standard InChI is InChI=1S/C16H24N2O/c1-2-3-4-5-6-10-13-16(19)18-17-14-15-11-8-7-9-12-15/h7-9,11-12,14H,2-6,10,13H2,1H3,(H,18,19)/b17-14+. The van der Waals surface area contributed by atoms with Crippen LogP contribution in [0.1, 0.15) is 57.4 Å². The molecule has 0 spiro atoms. The van der Waals surface area contributed by atoms with Crippen molar-refractivity contribution in [1.82, 2.24) is 5.43 Å². The summed E-state index contributed by atoms with van der Waals surface area (Å²) in [6.07, 6.45) is 9.39. The van der Waals surface area contributed by atoms with E-state index in [9.17, 15) is 4.79 Å². The summed E-state index contributed by atoms with van der Waals surface area (Å²) in [5.74, 6) is 0.00247. The van der Waals surface area contributed by atoms with Gasteiger partial charge in [-0.05, 0) is 12.0 Å². The number of nitrogens with zero attached hydrogens (tertiary/aromatic N) is 1. The highest BCUT2D eigenvalue weighted by Crippen LogP contribution is 2.06. The molecule has 19 heavy (non-hydrogen) atoms. The van der Waals surface area contributed by atoms with E-state index in [2.05, 4.69) is 17.5 Å². The molecule has 3 nitrogen and oxygen atoms in total. The van der Waals surface area contributed by atoms with Gasteiger partial charge in [-0.25, -0.2) is 5.43 Å². The Hall–Kier alpha value is -1.64. The van der Waals surface area contributed by atoms with Gasteiger partial charge in [0, 0.05) is 6.42 Å². The van der Waals surface area contributed by atoms with Crippen LogP contribution in [0, 0.1) is 0 Å². The van der Waals surface area contributed by atoms with Crippen molar-refractivity contribution >= 4 is 12.1 Å². The van der Waals surface area contributed by atoms with Crippen LogP contribution in [-0.2, 0) is 4.79 Å². The van der Waals surface area contributed by atoms with Crippen molar-refractivity contribution in [2.45, 2.75) is 51.9 Å². The molecule has 1 N–H and O–H groups in total. The van der Waals surface area contributed by atoms with Crippen LogP contribution in [0.5, 0.6) is 0 Å². The number of benzene rings is 1. The van der Waals surface area contributed by atoms with Gasteiger partial charge >= 0.3 is 0 Å². The van der Waals surface area contributed by atoms with E-state index in [1.165, 1.54) is 25.7 Å². The van der Waals surface area contributed by atoms with Gasteiger partial charge in [0.15, 0.2) is 0 Å². The maximum Gasteiger partial charge on any atom is 0.240 e. The van der Waals surface area contributed by atoms with Gasteiger partial charge in [-0.1, -0.05) is 69.4 Å². The number of carbonyl (C=O) groups excluding carboxylic acids is 1. The van der Waals surface area contributed by atoms with Crippen LogP contribution in [0.2, 0.25) is 0 Å². The van der Waals surface area contributed by atoms with Crippen molar-refractivity contribution in [2.24, 2.45) is 5.10 Å². The minimum atomic E-state index is 0.00247. The lowest BCUT2D eigenvalue weighted by Gasteiger charge is -2.00. The van der Waals surface area contributed by atoms with E-state index < -0.39 is 0 Å². The quantitative estimate of drug-likeness (QED) is 0.408. The summed E-state index contributed by atoms with van der Waals surface area (Å²) < 4.78 is 0. The maximum absolute atomic E-state index is 11.5. The normalized spacial score (nSPS) is 10.8. The van der Waals surface area contributed by atoms with Crippen LogP contribution in [0.3, 0.4) is 0 Å². The van der Waals surface area contributed by atoms with Crippen molar-refractivity contribution in [2.75, 3.05) is 0 Å². The molecular weight excluding hydrogens is 236 g/mol. The number of rotatable bonds is 9. The number of hydrazone groups is 1. The van der Waals surface area contributed by atoms with E-state index in [0.29, 0.717) is 6.42 Å². The predicted molar refractivity (Wildman–Crippen MR) is 80.2 cm³/mol. The highest BCUT2D eigenvalue weighted by Gasteiger charge is 1.98. The molecule has 0 unspecified atom stereocenters. The Morgan fingerprint density at radius 2 is 1.79 bits per heavy atom. The maximum atomic E-state index is 11.5. The average Bonchev–Trinajstić information content (AvgIpc) is 2.44. The lowest BCUT2D eigenvalue weighted by atomic mass is 10.1. The zero-order chi connectivity index (χ0) is 13.8. The second kappa shape index (κ2) is 10.3. The Balaban J connectivity index is 2.06. The van der Waals surface area contributed by atoms with Gasteiger partial charge in [-0.2, -0.15) is 5.10 Å². The summed E-state index contributed by atoms with van der Waals surface area (Å²) in [4.78, 5) is 11.5. The molecule has 0 aliphatic heterocycles. The second-order valence-corrected chi connectivity index (χ2v) is 4.72. The summed E-state index contributed by atoms with van der Waals surface area (Å²) >= 11 is 0. The SMILES string of the molecule is CCCCCCCCC(=O)N/N=C/c1ccccc1. The van der Waals surface area contributed by atoms with Crippen LogP contribution in [0.15, 0.2) is 35.4 Å². The molecule has 0 aliphatic rings. The Kier molecular flexibility index (Phi) is 8.36. The van der Waals surface area contributed by atoms with E-state index in [0.717, 1.165) is 18.4 Å². The van der Waals surface area contributed by atoms with Gasteiger partial charge in [0.2, 0.25) is 5.91 Å². The lowest BCUT2D eigenvalue weighted by molar-refractivity contribution is -0.121. The Morgan fingerprint density at radius 3 is 2.53 bits per heavy atom. The molecule has 0 fully saturated rings. The first kappa shape index (κ1) is 15.4. The van der Waals surface area contributed by atoms with E-state index in [4.69, 9.17) is 0 Å². The van der Waals surface area contributed by atoms with E-state index in [1.54, 1.807) is 6.21 Å². The lowest BCUT2D eigenvalue weighted by Crippen LogP contribution is -2.16.